The monoisotopic (exact) mass is 469 g/mol. The highest BCUT2D eigenvalue weighted by Gasteiger charge is 2.36. The van der Waals surface area contributed by atoms with Crippen molar-refractivity contribution in [2.45, 2.75) is 43.7 Å². The lowest BCUT2D eigenvalue weighted by Crippen LogP contribution is -2.52. The SMILES string of the molecule is CC(C)C[C@H](O)C(=O)N[C@H](C(=O)N[C@@H]1C(=O)NCCS[C@@H]1c1ccccc1)c1ccccc1. The molecule has 1 aliphatic heterocycles. The van der Waals surface area contributed by atoms with Crippen molar-refractivity contribution in [3.05, 3.63) is 71.8 Å². The van der Waals surface area contributed by atoms with Gasteiger partial charge in [-0.3, -0.25) is 14.4 Å². The first kappa shape index (κ1) is 24.8. The van der Waals surface area contributed by atoms with Gasteiger partial charge in [0.05, 0.1) is 5.25 Å². The summed E-state index contributed by atoms with van der Waals surface area (Å²) in [6.45, 7) is 4.33. The zero-order valence-electron chi connectivity index (χ0n) is 18.9. The first-order valence-electron chi connectivity index (χ1n) is 11.1. The van der Waals surface area contributed by atoms with Crippen molar-refractivity contribution in [1.82, 2.24) is 16.0 Å². The van der Waals surface area contributed by atoms with Gasteiger partial charge in [-0.15, -0.1) is 11.8 Å². The molecular weight excluding hydrogens is 438 g/mol. The van der Waals surface area contributed by atoms with E-state index in [-0.39, 0.29) is 23.5 Å². The maximum Gasteiger partial charge on any atom is 0.249 e. The first-order valence-corrected chi connectivity index (χ1v) is 12.2. The van der Waals surface area contributed by atoms with Gasteiger partial charge in [0.25, 0.3) is 0 Å². The van der Waals surface area contributed by atoms with Crippen molar-refractivity contribution < 1.29 is 19.5 Å². The van der Waals surface area contributed by atoms with Crippen LogP contribution < -0.4 is 16.0 Å². The van der Waals surface area contributed by atoms with Crippen molar-refractivity contribution in [2.75, 3.05) is 12.3 Å². The van der Waals surface area contributed by atoms with Gasteiger partial charge in [-0.2, -0.15) is 0 Å². The molecule has 1 saturated heterocycles. The number of aliphatic hydroxyl groups excluding tert-OH is 1. The highest BCUT2D eigenvalue weighted by molar-refractivity contribution is 7.99. The van der Waals surface area contributed by atoms with Crippen LogP contribution in [0.5, 0.6) is 0 Å². The van der Waals surface area contributed by atoms with Crippen molar-refractivity contribution in [1.29, 1.82) is 0 Å². The molecule has 3 amide bonds. The molecule has 0 radical (unpaired) electrons. The molecule has 1 aliphatic rings. The molecule has 1 heterocycles. The van der Waals surface area contributed by atoms with Crippen LogP contribution >= 0.6 is 11.8 Å². The third-order valence-electron chi connectivity index (χ3n) is 5.39. The molecule has 176 valence electrons. The summed E-state index contributed by atoms with van der Waals surface area (Å²) in [5.74, 6) is -0.548. The Morgan fingerprint density at radius 3 is 2.33 bits per heavy atom. The van der Waals surface area contributed by atoms with Gasteiger partial charge in [0.1, 0.15) is 18.2 Å². The molecule has 0 aromatic heterocycles. The number of nitrogens with one attached hydrogen (secondary N) is 3. The fourth-order valence-electron chi connectivity index (χ4n) is 3.75. The summed E-state index contributed by atoms with van der Waals surface area (Å²) < 4.78 is 0. The van der Waals surface area contributed by atoms with Gasteiger partial charge in [0.2, 0.25) is 17.7 Å². The molecule has 33 heavy (non-hydrogen) atoms. The Morgan fingerprint density at radius 2 is 1.70 bits per heavy atom. The average Bonchev–Trinajstić information content (AvgIpc) is 2.99. The predicted molar refractivity (Wildman–Crippen MR) is 129 cm³/mol. The number of hydrogen-bond acceptors (Lipinski definition) is 5. The number of benzene rings is 2. The second kappa shape index (κ2) is 11.9. The van der Waals surface area contributed by atoms with E-state index in [0.29, 0.717) is 12.1 Å². The van der Waals surface area contributed by atoms with Crippen LogP contribution in [0.15, 0.2) is 60.7 Å². The summed E-state index contributed by atoms with van der Waals surface area (Å²) in [5.41, 5.74) is 1.51. The summed E-state index contributed by atoms with van der Waals surface area (Å²) in [7, 11) is 0. The lowest BCUT2D eigenvalue weighted by molar-refractivity contribution is -0.135. The molecule has 0 aliphatic carbocycles. The van der Waals surface area contributed by atoms with E-state index in [1.54, 1.807) is 36.0 Å². The smallest absolute Gasteiger partial charge is 0.249 e. The van der Waals surface area contributed by atoms with Gasteiger partial charge in [0, 0.05) is 12.3 Å². The number of rotatable bonds is 8. The topological polar surface area (TPSA) is 108 Å². The third kappa shape index (κ3) is 6.82. The van der Waals surface area contributed by atoms with Crippen LogP contribution in [-0.2, 0) is 14.4 Å². The van der Waals surface area contributed by atoms with Crippen molar-refractivity contribution >= 4 is 29.5 Å². The number of aliphatic hydroxyl groups is 1. The minimum Gasteiger partial charge on any atom is -0.383 e. The fourth-order valence-corrected chi connectivity index (χ4v) is 4.96. The summed E-state index contributed by atoms with van der Waals surface area (Å²) in [4.78, 5) is 38.9. The molecule has 0 saturated carbocycles. The van der Waals surface area contributed by atoms with Crippen molar-refractivity contribution in [3.63, 3.8) is 0 Å². The van der Waals surface area contributed by atoms with Crippen molar-refractivity contribution in [2.24, 2.45) is 5.92 Å². The van der Waals surface area contributed by atoms with Crippen LogP contribution in [0.4, 0.5) is 0 Å². The molecule has 0 spiro atoms. The quantitative estimate of drug-likeness (QED) is 0.475. The lowest BCUT2D eigenvalue weighted by atomic mass is 10.0. The molecule has 0 bridgehead atoms. The van der Waals surface area contributed by atoms with Gasteiger partial charge in [-0.1, -0.05) is 74.5 Å². The summed E-state index contributed by atoms with van der Waals surface area (Å²) in [5, 5.41) is 18.4. The maximum absolute atomic E-state index is 13.4. The van der Waals surface area contributed by atoms with Gasteiger partial charge >= 0.3 is 0 Å². The van der Waals surface area contributed by atoms with Gasteiger partial charge < -0.3 is 21.1 Å². The molecule has 4 N–H and O–H groups in total. The predicted octanol–water partition coefficient (Wildman–Crippen LogP) is 2.34. The zero-order valence-corrected chi connectivity index (χ0v) is 19.7. The Hall–Kier alpha value is -2.84. The van der Waals surface area contributed by atoms with Crippen LogP contribution in [0, 0.1) is 5.92 Å². The molecular formula is C25H31N3O4S. The van der Waals surface area contributed by atoms with Crippen LogP contribution in [0.2, 0.25) is 0 Å². The van der Waals surface area contributed by atoms with E-state index in [0.717, 1.165) is 11.3 Å². The molecule has 3 rings (SSSR count). The third-order valence-corrected chi connectivity index (χ3v) is 6.73. The van der Waals surface area contributed by atoms with E-state index < -0.39 is 30.0 Å². The standard InChI is InChI=1S/C25H31N3O4S/c1-16(2)15-19(29)23(30)27-20(17-9-5-3-6-10-17)25(32)28-21-22(18-11-7-4-8-12-18)33-14-13-26-24(21)31/h3-12,16,19-22,29H,13-15H2,1-2H3,(H,26,31)(H,27,30)(H,28,32)/t19-,20-,21-,22+/m0/s1. The Morgan fingerprint density at radius 1 is 1.06 bits per heavy atom. The minimum atomic E-state index is -1.22. The minimum absolute atomic E-state index is 0.119. The summed E-state index contributed by atoms with van der Waals surface area (Å²) in [6.07, 6.45) is -0.940. The molecule has 7 nitrogen and oxygen atoms in total. The maximum atomic E-state index is 13.4. The molecule has 1 fully saturated rings. The highest BCUT2D eigenvalue weighted by atomic mass is 32.2. The number of carbonyl (C=O) groups excluding carboxylic acids is 3. The van der Waals surface area contributed by atoms with Crippen LogP contribution in [0.25, 0.3) is 0 Å². The normalized spacial score (nSPS) is 20.3. The number of amides is 3. The lowest BCUT2D eigenvalue weighted by Gasteiger charge is -2.27. The van der Waals surface area contributed by atoms with E-state index in [1.165, 1.54) is 0 Å². The molecule has 2 aromatic carbocycles. The van der Waals surface area contributed by atoms with Crippen LogP contribution in [-0.4, -0.2) is 47.3 Å². The van der Waals surface area contributed by atoms with E-state index in [9.17, 15) is 19.5 Å². The molecule has 4 atom stereocenters. The van der Waals surface area contributed by atoms with Crippen molar-refractivity contribution in [3.8, 4) is 0 Å². The van der Waals surface area contributed by atoms with E-state index in [4.69, 9.17) is 0 Å². The summed E-state index contributed by atoms with van der Waals surface area (Å²) in [6, 6.07) is 16.6. The highest BCUT2D eigenvalue weighted by Crippen LogP contribution is 2.33. The van der Waals surface area contributed by atoms with E-state index >= 15 is 0 Å². The second-order valence-corrected chi connectivity index (χ2v) is 9.73. The molecule has 2 aromatic rings. The van der Waals surface area contributed by atoms with E-state index in [2.05, 4.69) is 16.0 Å². The van der Waals surface area contributed by atoms with Gasteiger partial charge in [-0.05, 0) is 23.5 Å². The van der Waals surface area contributed by atoms with Gasteiger partial charge in [0.15, 0.2) is 0 Å². The Balaban J connectivity index is 1.85. The first-order chi connectivity index (χ1) is 15.9. The summed E-state index contributed by atoms with van der Waals surface area (Å²) >= 11 is 1.60. The number of thioether (sulfide) groups is 1. The van der Waals surface area contributed by atoms with Crippen LogP contribution in [0.3, 0.4) is 0 Å². The second-order valence-electron chi connectivity index (χ2n) is 8.48. The van der Waals surface area contributed by atoms with Gasteiger partial charge in [-0.25, -0.2) is 0 Å². The Labute approximate surface area is 198 Å². The zero-order chi connectivity index (χ0) is 23.8. The molecule has 8 heteroatoms. The Kier molecular flexibility index (Phi) is 8.91. The molecule has 0 unspecified atom stereocenters. The van der Waals surface area contributed by atoms with E-state index in [1.807, 2.05) is 50.2 Å². The largest absolute Gasteiger partial charge is 0.383 e. The Bertz CT molecular complexity index is 939. The average molecular weight is 470 g/mol. The number of carbonyl (C=O) groups is 3. The van der Waals surface area contributed by atoms with Crippen LogP contribution in [0.1, 0.15) is 42.7 Å². The fraction of sp³-hybridized carbons (Fsp3) is 0.400. The number of hydrogen-bond donors (Lipinski definition) is 4.